The van der Waals surface area contributed by atoms with Gasteiger partial charge in [-0.2, -0.15) is 0 Å². The lowest BCUT2D eigenvalue weighted by molar-refractivity contribution is -0.118. The number of para-hydroxylation sites is 1. The van der Waals surface area contributed by atoms with Gasteiger partial charge in [-0.05, 0) is 19.1 Å². The molecular formula is C11H14FN3O2. The Morgan fingerprint density at radius 2 is 2.12 bits per heavy atom. The molecule has 17 heavy (non-hydrogen) atoms. The summed E-state index contributed by atoms with van der Waals surface area (Å²) in [5.74, 6) is -1.71. The molecule has 5 nitrogen and oxygen atoms in total. The van der Waals surface area contributed by atoms with Crippen LogP contribution in [0.4, 0.5) is 10.1 Å². The Kier molecular flexibility index (Phi) is 4.03. The molecule has 1 unspecified atom stereocenters. The number of hydrogen-bond acceptors (Lipinski definition) is 3. The fourth-order valence-corrected chi connectivity index (χ4v) is 1.39. The van der Waals surface area contributed by atoms with E-state index < -0.39 is 23.7 Å². The molecule has 0 heterocycles. The molecule has 0 aromatic heterocycles. The second-order valence-electron chi connectivity index (χ2n) is 3.75. The average molecular weight is 239 g/mol. The van der Waals surface area contributed by atoms with Crippen molar-refractivity contribution >= 4 is 17.5 Å². The average Bonchev–Trinajstić information content (AvgIpc) is 2.20. The number of halogens is 1. The maximum absolute atomic E-state index is 13.1. The van der Waals surface area contributed by atoms with Gasteiger partial charge in [-0.15, -0.1) is 0 Å². The van der Waals surface area contributed by atoms with Crippen LogP contribution in [0.3, 0.4) is 0 Å². The van der Waals surface area contributed by atoms with Crippen molar-refractivity contribution in [3.63, 3.8) is 0 Å². The number of amides is 2. The lowest BCUT2D eigenvalue weighted by Crippen LogP contribution is -2.36. The van der Waals surface area contributed by atoms with E-state index in [1.807, 2.05) is 0 Å². The fraction of sp³-hybridized carbons (Fsp3) is 0.273. The first-order chi connectivity index (χ1) is 7.91. The van der Waals surface area contributed by atoms with Gasteiger partial charge in [0.2, 0.25) is 5.91 Å². The first kappa shape index (κ1) is 13.0. The minimum atomic E-state index is -0.653. The molecule has 0 spiro atoms. The number of carbonyl (C=O) groups is 2. The van der Waals surface area contributed by atoms with Gasteiger partial charge in [0.25, 0.3) is 5.91 Å². The highest BCUT2D eigenvalue weighted by atomic mass is 19.1. The largest absolute Gasteiger partial charge is 0.396 e. The van der Waals surface area contributed by atoms with E-state index in [0.29, 0.717) is 0 Å². The molecule has 0 radical (unpaired) electrons. The molecule has 0 saturated heterocycles. The number of carbonyl (C=O) groups excluding carboxylic acids is 2. The van der Waals surface area contributed by atoms with Crippen molar-refractivity contribution in [2.75, 3.05) is 5.73 Å². The van der Waals surface area contributed by atoms with Crippen molar-refractivity contribution in [3.05, 3.63) is 29.6 Å². The second kappa shape index (κ2) is 5.29. The van der Waals surface area contributed by atoms with E-state index in [0.717, 1.165) is 0 Å². The van der Waals surface area contributed by atoms with Crippen LogP contribution in [0.15, 0.2) is 18.2 Å². The number of anilines is 1. The SMILES string of the molecule is CC(CC(N)=O)NC(=O)c1cccc(F)c1N. The van der Waals surface area contributed by atoms with Gasteiger partial charge >= 0.3 is 0 Å². The zero-order chi connectivity index (χ0) is 13.0. The molecule has 0 aliphatic heterocycles. The third kappa shape index (κ3) is 3.44. The Bertz CT molecular complexity index is 448. The number of benzene rings is 1. The Hall–Kier alpha value is -2.11. The van der Waals surface area contributed by atoms with E-state index in [1.54, 1.807) is 6.92 Å². The summed E-state index contributed by atoms with van der Waals surface area (Å²) in [7, 11) is 0. The van der Waals surface area contributed by atoms with E-state index >= 15 is 0 Å². The van der Waals surface area contributed by atoms with Crippen LogP contribution in [0.25, 0.3) is 0 Å². The monoisotopic (exact) mass is 239 g/mol. The van der Waals surface area contributed by atoms with Crippen molar-refractivity contribution in [2.45, 2.75) is 19.4 Å². The van der Waals surface area contributed by atoms with Gasteiger partial charge < -0.3 is 16.8 Å². The van der Waals surface area contributed by atoms with Crippen molar-refractivity contribution in [2.24, 2.45) is 5.73 Å². The normalized spacial score (nSPS) is 11.9. The lowest BCUT2D eigenvalue weighted by Gasteiger charge is -2.13. The van der Waals surface area contributed by atoms with Crippen LogP contribution in [0.2, 0.25) is 0 Å². The van der Waals surface area contributed by atoms with Gasteiger partial charge in [0, 0.05) is 12.5 Å². The summed E-state index contributed by atoms with van der Waals surface area (Å²) in [6.07, 6.45) is 0.0148. The van der Waals surface area contributed by atoms with E-state index in [2.05, 4.69) is 5.32 Å². The molecule has 0 fully saturated rings. The minimum Gasteiger partial charge on any atom is -0.396 e. The highest BCUT2D eigenvalue weighted by Gasteiger charge is 2.15. The Morgan fingerprint density at radius 1 is 1.47 bits per heavy atom. The number of rotatable bonds is 4. The fourth-order valence-electron chi connectivity index (χ4n) is 1.39. The first-order valence-corrected chi connectivity index (χ1v) is 5.05. The Morgan fingerprint density at radius 3 is 2.71 bits per heavy atom. The molecule has 0 aliphatic carbocycles. The Labute approximate surface area is 98.0 Å². The van der Waals surface area contributed by atoms with Crippen molar-refractivity contribution < 1.29 is 14.0 Å². The van der Waals surface area contributed by atoms with E-state index in [9.17, 15) is 14.0 Å². The number of nitrogen functional groups attached to an aromatic ring is 1. The summed E-state index contributed by atoms with van der Waals surface area (Å²) in [6, 6.07) is 3.53. The molecule has 5 N–H and O–H groups in total. The topological polar surface area (TPSA) is 98.2 Å². The zero-order valence-electron chi connectivity index (χ0n) is 9.37. The van der Waals surface area contributed by atoms with Crippen LogP contribution in [-0.2, 0) is 4.79 Å². The number of hydrogen-bond donors (Lipinski definition) is 3. The maximum Gasteiger partial charge on any atom is 0.253 e. The quantitative estimate of drug-likeness (QED) is 0.663. The summed E-state index contributed by atoms with van der Waals surface area (Å²) in [4.78, 5) is 22.3. The molecule has 1 rings (SSSR count). The van der Waals surface area contributed by atoms with E-state index in [1.165, 1.54) is 18.2 Å². The molecule has 2 amide bonds. The summed E-state index contributed by atoms with van der Waals surface area (Å²) >= 11 is 0. The predicted molar refractivity (Wildman–Crippen MR) is 61.6 cm³/mol. The van der Waals surface area contributed by atoms with Crippen LogP contribution in [0.5, 0.6) is 0 Å². The predicted octanol–water partition coefficient (Wildman–Crippen LogP) is 0.402. The maximum atomic E-state index is 13.1. The first-order valence-electron chi connectivity index (χ1n) is 5.05. The number of nitrogens with two attached hydrogens (primary N) is 2. The summed E-state index contributed by atoms with van der Waals surface area (Å²) in [6.45, 7) is 1.62. The molecule has 0 saturated carbocycles. The van der Waals surface area contributed by atoms with E-state index in [-0.39, 0.29) is 17.7 Å². The minimum absolute atomic E-state index is 0.0148. The number of primary amides is 1. The molecule has 0 bridgehead atoms. The van der Waals surface area contributed by atoms with Gasteiger partial charge in [0.1, 0.15) is 5.82 Å². The smallest absolute Gasteiger partial charge is 0.253 e. The summed E-state index contributed by atoms with van der Waals surface area (Å²) in [5.41, 5.74) is 10.3. The molecular weight excluding hydrogens is 225 g/mol. The van der Waals surface area contributed by atoms with Crippen LogP contribution in [0.1, 0.15) is 23.7 Å². The summed E-state index contributed by atoms with van der Waals surface area (Å²) < 4.78 is 13.1. The van der Waals surface area contributed by atoms with Gasteiger partial charge in [0.05, 0.1) is 11.3 Å². The molecule has 1 aromatic rings. The molecule has 92 valence electrons. The third-order valence-electron chi connectivity index (χ3n) is 2.18. The standard InChI is InChI=1S/C11H14FN3O2/c1-6(5-9(13)16)15-11(17)7-3-2-4-8(12)10(7)14/h2-4,6H,5,14H2,1H3,(H2,13,16)(H,15,17). The van der Waals surface area contributed by atoms with Gasteiger partial charge in [0.15, 0.2) is 0 Å². The molecule has 1 atom stereocenters. The Balaban J connectivity index is 2.77. The van der Waals surface area contributed by atoms with Crippen LogP contribution in [-0.4, -0.2) is 17.9 Å². The van der Waals surface area contributed by atoms with Crippen LogP contribution < -0.4 is 16.8 Å². The van der Waals surface area contributed by atoms with Crippen molar-refractivity contribution in [1.82, 2.24) is 5.32 Å². The van der Waals surface area contributed by atoms with Gasteiger partial charge in [-0.25, -0.2) is 4.39 Å². The van der Waals surface area contributed by atoms with Crippen molar-refractivity contribution in [3.8, 4) is 0 Å². The van der Waals surface area contributed by atoms with Crippen LogP contribution >= 0.6 is 0 Å². The van der Waals surface area contributed by atoms with Crippen molar-refractivity contribution in [1.29, 1.82) is 0 Å². The highest BCUT2D eigenvalue weighted by Crippen LogP contribution is 2.15. The molecule has 1 aromatic carbocycles. The highest BCUT2D eigenvalue weighted by molar-refractivity contribution is 5.99. The van der Waals surface area contributed by atoms with Crippen LogP contribution in [0, 0.1) is 5.82 Å². The molecule has 6 heteroatoms. The van der Waals surface area contributed by atoms with E-state index in [4.69, 9.17) is 11.5 Å². The zero-order valence-corrected chi connectivity index (χ0v) is 9.37. The van der Waals surface area contributed by atoms with Gasteiger partial charge in [-0.3, -0.25) is 9.59 Å². The lowest BCUT2D eigenvalue weighted by atomic mass is 10.1. The third-order valence-corrected chi connectivity index (χ3v) is 2.18. The number of nitrogens with one attached hydrogen (secondary N) is 1. The van der Waals surface area contributed by atoms with Gasteiger partial charge in [-0.1, -0.05) is 6.07 Å². The molecule has 0 aliphatic rings. The second-order valence-corrected chi connectivity index (χ2v) is 3.75. The summed E-state index contributed by atoms with van der Waals surface area (Å²) in [5, 5.41) is 2.51.